The van der Waals surface area contributed by atoms with Gasteiger partial charge in [0.1, 0.15) is 5.41 Å². The van der Waals surface area contributed by atoms with Crippen molar-refractivity contribution in [1.82, 2.24) is 10.6 Å². The largest absolute Gasteiger partial charge is 0.355 e. The highest BCUT2D eigenvalue weighted by Gasteiger charge is 2.56. The van der Waals surface area contributed by atoms with Crippen molar-refractivity contribution in [2.24, 2.45) is 11.3 Å². The summed E-state index contributed by atoms with van der Waals surface area (Å²) in [4.78, 5) is 24.0. The highest BCUT2D eigenvalue weighted by molar-refractivity contribution is 6.07. The molecular weight excluding hydrogens is 228 g/mol. The van der Waals surface area contributed by atoms with Crippen LogP contribution in [-0.4, -0.2) is 24.9 Å². The standard InChI is InChI=1S/C14H26N2O2/c1-4-5-9-15-12(17)14(7-8-14)13(18)16-10-6-11(2)3/h11H,4-10H2,1-3H3,(H,15,17)(H,16,18). The Morgan fingerprint density at radius 3 is 2.11 bits per heavy atom. The van der Waals surface area contributed by atoms with Gasteiger partial charge < -0.3 is 10.6 Å². The fourth-order valence-electron chi connectivity index (χ4n) is 1.87. The topological polar surface area (TPSA) is 58.2 Å². The maximum atomic E-state index is 12.0. The average Bonchev–Trinajstić information content (AvgIpc) is 3.09. The molecule has 0 bridgehead atoms. The second kappa shape index (κ2) is 6.76. The summed E-state index contributed by atoms with van der Waals surface area (Å²) in [5, 5.41) is 5.75. The molecule has 0 aromatic carbocycles. The van der Waals surface area contributed by atoms with E-state index in [9.17, 15) is 9.59 Å². The molecular formula is C14H26N2O2. The zero-order valence-corrected chi connectivity index (χ0v) is 11.8. The van der Waals surface area contributed by atoms with Crippen LogP contribution in [0.2, 0.25) is 0 Å². The van der Waals surface area contributed by atoms with Crippen molar-refractivity contribution in [3.05, 3.63) is 0 Å². The van der Waals surface area contributed by atoms with Gasteiger partial charge in [-0.25, -0.2) is 0 Å². The van der Waals surface area contributed by atoms with Crippen LogP contribution in [0.4, 0.5) is 0 Å². The number of hydrogen-bond acceptors (Lipinski definition) is 2. The summed E-state index contributed by atoms with van der Waals surface area (Å²) in [5.74, 6) is 0.397. The number of carbonyl (C=O) groups excluding carboxylic acids is 2. The Kier molecular flexibility index (Phi) is 5.63. The first kappa shape index (κ1) is 15.0. The van der Waals surface area contributed by atoms with Crippen LogP contribution in [0.5, 0.6) is 0 Å². The summed E-state index contributed by atoms with van der Waals surface area (Å²) in [6, 6.07) is 0. The minimum Gasteiger partial charge on any atom is -0.355 e. The van der Waals surface area contributed by atoms with Gasteiger partial charge in [-0.05, 0) is 31.6 Å². The Morgan fingerprint density at radius 1 is 1.11 bits per heavy atom. The highest BCUT2D eigenvalue weighted by atomic mass is 16.2. The van der Waals surface area contributed by atoms with Gasteiger partial charge in [0.05, 0.1) is 0 Å². The van der Waals surface area contributed by atoms with Gasteiger partial charge in [-0.1, -0.05) is 27.2 Å². The molecule has 1 fully saturated rings. The van der Waals surface area contributed by atoms with Gasteiger partial charge in [-0.2, -0.15) is 0 Å². The van der Waals surface area contributed by atoms with Gasteiger partial charge in [0, 0.05) is 13.1 Å². The number of hydrogen-bond donors (Lipinski definition) is 2. The van der Waals surface area contributed by atoms with Crippen molar-refractivity contribution >= 4 is 11.8 Å². The summed E-state index contributed by atoms with van der Waals surface area (Å²) in [6.07, 6.45) is 4.36. The SMILES string of the molecule is CCCCNC(=O)C1(C(=O)NCCC(C)C)CC1. The van der Waals surface area contributed by atoms with Crippen LogP contribution >= 0.6 is 0 Å². The van der Waals surface area contributed by atoms with E-state index in [1.165, 1.54) is 0 Å². The number of amides is 2. The van der Waals surface area contributed by atoms with Crippen molar-refractivity contribution in [2.45, 2.75) is 52.9 Å². The van der Waals surface area contributed by atoms with Gasteiger partial charge >= 0.3 is 0 Å². The monoisotopic (exact) mass is 254 g/mol. The molecule has 1 aliphatic rings. The van der Waals surface area contributed by atoms with Crippen molar-refractivity contribution in [3.63, 3.8) is 0 Å². The van der Waals surface area contributed by atoms with Crippen LogP contribution in [0.1, 0.15) is 52.9 Å². The van der Waals surface area contributed by atoms with Gasteiger partial charge in [0.15, 0.2) is 0 Å². The number of carbonyl (C=O) groups is 2. The van der Waals surface area contributed by atoms with Crippen LogP contribution in [0, 0.1) is 11.3 Å². The van der Waals surface area contributed by atoms with Crippen LogP contribution in [0.15, 0.2) is 0 Å². The molecule has 4 nitrogen and oxygen atoms in total. The Morgan fingerprint density at radius 2 is 1.67 bits per heavy atom. The third-order valence-corrected chi connectivity index (χ3v) is 3.44. The minimum atomic E-state index is -0.745. The Hall–Kier alpha value is -1.06. The summed E-state index contributed by atoms with van der Waals surface area (Å²) < 4.78 is 0. The van der Waals surface area contributed by atoms with Gasteiger partial charge in [-0.15, -0.1) is 0 Å². The van der Waals surface area contributed by atoms with E-state index in [0.29, 0.717) is 31.8 Å². The first-order valence-corrected chi connectivity index (χ1v) is 7.09. The quantitative estimate of drug-likeness (QED) is 0.513. The number of nitrogens with one attached hydrogen (secondary N) is 2. The number of unbranched alkanes of at least 4 members (excludes halogenated alkanes) is 1. The summed E-state index contributed by atoms with van der Waals surface area (Å²) in [7, 11) is 0. The normalized spacial score (nSPS) is 16.4. The van der Waals surface area contributed by atoms with E-state index < -0.39 is 5.41 Å². The zero-order chi connectivity index (χ0) is 13.6. The van der Waals surface area contributed by atoms with Crippen molar-refractivity contribution in [1.29, 1.82) is 0 Å². The third kappa shape index (κ3) is 4.00. The molecule has 1 saturated carbocycles. The minimum absolute atomic E-state index is 0.0852. The summed E-state index contributed by atoms with van der Waals surface area (Å²) in [6.45, 7) is 7.67. The lowest BCUT2D eigenvalue weighted by molar-refractivity contribution is -0.137. The molecule has 18 heavy (non-hydrogen) atoms. The van der Waals surface area contributed by atoms with Crippen molar-refractivity contribution < 1.29 is 9.59 Å². The molecule has 0 radical (unpaired) electrons. The Bertz CT molecular complexity index is 296. The Balaban J connectivity index is 2.33. The molecule has 0 aliphatic heterocycles. The molecule has 0 unspecified atom stereocenters. The first-order chi connectivity index (χ1) is 8.53. The van der Waals surface area contributed by atoms with Gasteiger partial charge in [0.25, 0.3) is 0 Å². The predicted molar refractivity (Wildman–Crippen MR) is 72.0 cm³/mol. The van der Waals surface area contributed by atoms with E-state index in [0.717, 1.165) is 19.3 Å². The van der Waals surface area contributed by atoms with Crippen LogP contribution < -0.4 is 10.6 Å². The smallest absolute Gasteiger partial charge is 0.235 e. The second-order valence-corrected chi connectivity index (χ2v) is 5.63. The van der Waals surface area contributed by atoms with E-state index in [1.807, 2.05) is 0 Å². The molecule has 2 amide bonds. The van der Waals surface area contributed by atoms with E-state index in [1.54, 1.807) is 0 Å². The molecule has 0 aromatic rings. The molecule has 0 heterocycles. The number of rotatable bonds is 8. The fraction of sp³-hybridized carbons (Fsp3) is 0.857. The van der Waals surface area contributed by atoms with Crippen LogP contribution in [0.3, 0.4) is 0 Å². The molecule has 104 valence electrons. The van der Waals surface area contributed by atoms with Crippen molar-refractivity contribution in [3.8, 4) is 0 Å². The van der Waals surface area contributed by atoms with E-state index in [-0.39, 0.29) is 11.8 Å². The van der Waals surface area contributed by atoms with E-state index >= 15 is 0 Å². The zero-order valence-electron chi connectivity index (χ0n) is 11.8. The lowest BCUT2D eigenvalue weighted by Crippen LogP contribution is -2.43. The molecule has 2 N–H and O–H groups in total. The molecule has 4 heteroatoms. The molecule has 0 aromatic heterocycles. The molecule has 1 aliphatic carbocycles. The predicted octanol–water partition coefficient (Wildman–Crippen LogP) is 1.85. The highest BCUT2D eigenvalue weighted by Crippen LogP contribution is 2.46. The lowest BCUT2D eigenvalue weighted by atomic mass is 10.0. The lowest BCUT2D eigenvalue weighted by Gasteiger charge is -2.15. The van der Waals surface area contributed by atoms with Gasteiger partial charge in [-0.3, -0.25) is 9.59 Å². The van der Waals surface area contributed by atoms with E-state index in [4.69, 9.17) is 0 Å². The first-order valence-electron chi connectivity index (χ1n) is 7.09. The molecule has 0 spiro atoms. The van der Waals surface area contributed by atoms with Gasteiger partial charge in [0.2, 0.25) is 11.8 Å². The summed E-state index contributed by atoms with van der Waals surface area (Å²) in [5.41, 5.74) is -0.745. The maximum absolute atomic E-state index is 12.0. The fourth-order valence-corrected chi connectivity index (χ4v) is 1.87. The molecule has 0 saturated heterocycles. The van der Waals surface area contributed by atoms with Crippen LogP contribution in [-0.2, 0) is 9.59 Å². The third-order valence-electron chi connectivity index (χ3n) is 3.44. The van der Waals surface area contributed by atoms with Crippen molar-refractivity contribution in [2.75, 3.05) is 13.1 Å². The average molecular weight is 254 g/mol. The summed E-state index contributed by atoms with van der Waals surface area (Å²) >= 11 is 0. The molecule has 1 rings (SSSR count). The maximum Gasteiger partial charge on any atom is 0.235 e. The second-order valence-electron chi connectivity index (χ2n) is 5.63. The molecule has 0 atom stereocenters. The van der Waals surface area contributed by atoms with E-state index in [2.05, 4.69) is 31.4 Å². The Labute approximate surface area is 110 Å². The van der Waals surface area contributed by atoms with Crippen LogP contribution in [0.25, 0.3) is 0 Å².